The van der Waals surface area contributed by atoms with Gasteiger partial charge in [0.25, 0.3) is 5.91 Å². The molecule has 5 heteroatoms. The van der Waals surface area contributed by atoms with Gasteiger partial charge in [0.1, 0.15) is 5.82 Å². The highest BCUT2D eigenvalue weighted by molar-refractivity contribution is 5.95. The molecule has 0 aromatic carbocycles. The van der Waals surface area contributed by atoms with Crippen molar-refractivity contribution in [3.05, 3.63) is 23.4 Å². The number of aromatic nitrogens is 1. The smallest absolute Gasteiger partial charge is 0.254 e. The maximum absolute atomic E-state index is 12.3. The lowest BCUT2D eigenvalue weighted by atomic mass is 10.1. The van der Waals surface area contributed by atoms with Gasteiger partial charge in [-0.05, 0) is 31.4 Å². The van der Waals surface area contributed by atoms with E-state index in [1.165, 1.54) is 0 Å². The number of nitrogens with one attached hydrogen (secondary N) is 1. The van der Waals surface area contributed by atoms with Crippen molar-refractivity contribution in [3.8, 4) is 0 Å². The van der Waals surface area contributed by atoms with Gasteiger partial charge in [0.05, 0.1) is 0 Å². The molecular weight excluding hydrogens is 228 g/mol. The zero-order chi connectivity index (χ0) is 13.0. The third kappa shape index (κ3) is 2.79. The number of hydrazine groups is 1. The first-order valence-electron chi connectivity index (χ1n) is 6.51. The molecule has 0 spiro atoms. The average Bonchev–Trinajstić information content (AvgIpc) is 2.91. The van der Waals surface area contributed by atoms with Gasteiger partial charge in [-0.2, -0.15) is 0 Å². The number of aryl methyl sites for hydroxylation is 1. The molecule has 0 bridgehead atoms. The fourth-order valence-electron chi connectivity index (χ4n) is 2.27. The van der Waals surface area contributed by atoms with Gasteiger partial charge in [0, 0.05) is 24.3 Å². The maximum atomic E-state index is 12.3. The first kappa shape index (κ1) is 12.8. The average molecular weight is 248 g/mol. The van der Waals surface area contributed by atoms with E-state index in [0.29, 0.717) is 11.4 Å². The van der Waals surface area contributed by atoms with E-state index in [1.54, 1.807) is 6.07 Å². The van der Waals surface area contributed by atoms with Gasteiger partial charge >= 0.3 is 0 Å². The topological polar surface area (TPSA) is 71.2 Å². The largest absolute Gasteiger partial charge is 0.339 e. The Labute approximate surface area is 107 Å². The highest BCUT2D eigenvalue weighted by Gasteiger charge is 2.20. The van der Waals surface area contributed by atoms with E-state index in [2.05, 4.69) is 17.3 Å². The van der Waals surface area contributed by atoms with Gasteiger partial charge in [-0.3, -0.25) is 4.79 Å². The molecule has 0 radical (unpaired) electrons. The number of pyridine rings is 1. The van der Waals surface area contributed by atoms with Gasteiger partial charge in [-0.1, -0.05) is 13.3 Å². The fourth-order valence-corrected chi connectivity index (χ4v) is 2.27. The predicted octanol–water partition coefficient (Wildman–Crippen LogP) is 1.56. The van der Waals surface area contributed by atoms with Crippen LogP contribution in [0.4, 0.5) is 5.82 Å². The van der Waals surface area contributed by atoms with E-state index in [0.717, 1.165) is 44.5 Å². The molecule has 1 amide bonds. The van der Waals surface area contributed by atoms with Crippen LogP contribution >= 0.6 is 0 Å². The number of rotatable bonds is 4. The normalized spacial score (nSPS) is 14.9. The van der Waals surface area contributed by atoms with Crippen molar-refractivity contribution < 1.29 is 4.79 Å². The molecule has 2 rings (SSSR count). The molecule has 1 saturated heterocycles. The first-order chi connectivity index (χ1) is 8.74. The zero-order valence-electron chi connectivity index (χ0n) is 10.8. The first-order valence-corrected chi connectivity index (χ1v) is 6.51. The Hall–Kier alpha value is -1.62. The number of hydrogen-bond acceptors (Lipinski definition) is 4. The fraction of sp³-hybridized carbons (Fsp3) is 0.538. The van der Waals surface area contributed by atoms with E-state index in [-0.39, 0.29) is 5.91 Å². The van der Waals surface area contributed by atoms with Crippen molar-refractivity contribution in [1.82, 2.24) is 9.88 Å². The number of carbonyl (C=O) groups excluding carboxylic acids is 1. The van der Waals surface area contributed by atoms with Crippen LogP contribution in [0.5, 0.6) is 0 Å². The van der Waals surface area contributed by atoms with E-state index in [1.807, 2.05) is 11.0 Å². The zero-order valence-corrected chi connectivity index (χ0v) is 10.8. The molecule has 1 fully saturated rings. The molecule has 1 aliphatic rings. The summed E-state index contributed by atoms with van der Waals surface area (Å²) in [4.78, 5) is 18.5. The minimum atomic E-state index is 0.0868. The highest BCUT2D eigenvalue weighted by Crippen LogP contribution is 2.16. The molecule has 0 aliphatic carbocycles. The second kappa shape index (κ2) is 5.82. The van der Waals surface area contributed by atoms with Crippen LogP contribution in [0.1, 0.15) is 42.2 Å². The van der Waals surface area contributed by atoms with Gasteiger partial charge in [-0.25, -0.2) is 10.8 Å². The molecule has 1 aromatic rings. The molecule has 1 aliphatic heterocycles. The van der Waals surface area contributed by atoms with Gasteiger partial charge < -0.3 is 10.3 Å². The second-order valence-corrected chi connectivity index (χ2v) is 4.63. The van der Waals surface area contributed by atoms with Crippen LogP contribution in [0.15, 0.2) is 12.1 Å². The van der Waals surface area contributed by atoms with Crippen molar-refractivity contribution in [2.45, 2.75) is 32.6 Å². The summed E-state index contributed by atoms with van der Waals surface area (Å²) in [5.74, 6) is 6.05. The number of nitrogen functional groups attached to an aromatic ring is 1. The lowest BCUT2D eigenvalue weighted by Crippen LogP contribution is -2.28. The van der Waals surface area contributed by atoms with Crippen molar-refractivity contribution in [2.24, 2.45) is 5.84 Å². The Kier molecular flexibility index (Phi) is 4.15. The molecule has 3 N–H and O–H groups in total. The third-order valence-electron chi connectivity index (χ3n) is 3.17. The Morgan fingerprint density at radius 3 is 2.78 bits per heavy atom. The maximum Gasteiger partial charge on any atom is 0.254 e. The lowest BCUT2D eigenvalue weighted by molar-refractivity contribution is 0.0792. The number of likely N-dealkylation sites (tertiary alicyclic amines) is 1. The lowest BCUT2D eigenvalue weighted by Gasteiger charge is -2.16. The molecule has 0 unspecified atom stereocenters. The van der Waals surface area contributed by atoms with E-state index in [9.17, 15) is 4.79 Å². The van der Waals surface area contributed by atoms with Crippen LogP contribution in [-0.4, -0.2) is 28.9 Å². The summed E-state index contributed by atoms with van der Waals surface area (Å²) >= 11 is 0. The highest BCUT2D eigenvalue weighted by atomic mass is 16.2. The van der Waals surface area contributed by atoms with Crippen LogP contribution in [0.25, 0.3) is 0 Å². The van der Waals surface area contributed by atoms with Crippen LogP contribution in [0.3, 0.4) is 0 Å². The third-order valence-corrected chi connectivity index (χ3v) is 3.17. The summed E-state index contributed by atoms with van der Waals surface area (Å²) < 4.78 is 0. The summed E-state index contributed by atoms with van der Waals surface area (Å²) in [7, 11) is 0. The van der Waals surface area contributed by atoms with Crippen LogP contribution in [0, 0.1) is 0 Å². The van der Waals surface area contributed by atoms with Crippen molar-refractivity contribution in [2.75, 3.05) is 18.5 Å². The van der Waals surface area contributed by atoms with E-state index >= 15 is 0 Å². The van der Waals surface area contributed by atoms with Gasteiger partial charge in [0.15, 0.2) is 0 Å². The predicted molar refractivity (Wildman–Crippen MR) is 71.2 cm³/mol. The number of anilines is 1. The van der Waals surface area contributed by atoms with Crippen LogP contribution in [0.2, 0.25) is 0 Å². The van der Waals surface area contributed by atoms with Gasteiger partial charge in [-0.15, -0.1) is 0 Å². The summed E-state index contributed by atoms with van der Waals surface area (Å²) in [5.41, 5.74) is 4.13. The number of carbonyl (C=O) groups is 1. The van der Waals surface area contributed by atoms with Crippen molar-refractivity contribution in [3.63, 3.8) is 0 Å². The number of nitrogens with two attached hydrogens (primary N) is 1. The Morgan fingerprint density at radius 1 is 1.44 bits per heavy atom. The number of hydrogen-bond donors (Lipinski definition) is 2. The Morgan fingerprint density at radius 2 is 2.17 bits per heavy atom. The van der Waals surface area contributed by atoms with E-state index < -0.39 is 0 Å². The Balaban J connectivity index is 2.24. The van der Waals surface area contributed by atoms with Gasteiger partial charge in [0.2, 0.25) is 0 Å². The number of nitrogens with zero attached hydrogens (tertiary/aromatic N) is 2. The molecule has 98 valence electrons. The monoisotopic (exact) mass is 248 g/mol. The summed E-state index contributed by atoms with van der Waals surface area (Å²) in [6.45, 7) is 3.80. The molecule has 2 heterocycles. The SMILES string of the molecule is CCCc1cc(C(=O)N2CCCC2)cc(NN)n1. The molecule has 1 aromatic heterocycles. The molecule has 5 nitrogen and oxygen atoms in total. The summed E-state index contributed by atoms with van der Waals surface area (Å²) in [6, 6.07) is 3.60. The molecule has 0 saturated carbocycles. The summed E-state index contributed by atoms with van der Waals surface area (Å²) in [5, 5.41) is 0. The number of amides is 1. The van der Waals surface area contributed by atoms with Crippen molar-refractivity contribution in [1.29, 1.82) is 0 Å². The minimum absolute atomic E-state index is 0.0868. The molecular formula is C13H20N4O. The Bertz CT molecular complexity index is 427. The summed E-state index contributed by atoms with van der Waals surface area (Å²) in [6.07, 6.45) is 4.05. The molecule has 18 heavy (non-hydrogen) atoms. The van der Waals surface area contributed by atoms with E-state index in [4.69, 9.17) is 5.84 Å². The molecule has 0 atom stereocenters. The quantitative estimate of drug-likeness (QED) is 0.626. The van der Waals surface area contributed by atoms with Crippen molar-refractivity contribution >= 4 is 11.7 Å². The van der Waals surface area contributed by atoms with Crippen LogP contribution < -0.4 is 11.3 Å². The van der Waals surface area contributed by atoms with Crippen LogP contribution in [-0.2, 0) is 6.42 Å². The second-order valence-electron chi connectivity index (χ2n) is 4.63. The standard InChI is InChI=1S/C13H20N4O/c1-2-5-11-8-10(9-12(15-11)16-14)13(18)17-6-3-4-7-17/h8-9H,2-7,14H2,1H3,(H,15,16). The minimum Gasteiger partial charge on any atom is -0.339 e.